The molecule has 0 aliphatic heterocycles. The fourth-order valence-corrected chi connectivity index (χ4v) is 1.66. The van der Waals surface area contributed by atoms with Crippen LogP contribution in [-0.2, 0) is 11.2 Å². The van der Waals surface area contributed by atoms with Gasteiger partial charge in [0.25, 0.3) is 0 Å². The third-order valence-corrected chi connectivity index (χ3v) is 3.08. The Hall–Kier alpha value is -1.00. The minimum absolute atomic E-state index is 0.255. The number of carbonyl (C=O) groups is 1. The predicted molar refractivity (Wildman–Crippen MR) is 77.1 cm³/mol. The Morgan fingerprint density at radius 2 is 2.06 bits per heavy atom. The Morgan fingerprint density at radius 1 is 1.39 bits per heavy atom. The second-order valence-corrected chi connectivity index (χ2v) is 4.77. The molecule has 1 aromatic rings. The van der Waals surface area contributed by atoms with Gasteiger partial charge in [0.15, 0.2) is 0 Å². The number of carbonyl (C=O) groups excluding carboxylic acids is 1. The smallest absolute Gasteiger partial charge is 0.202 e. The summed E-state index contributed by atoms with van der Waals surface area (Å²) in [4.78, 5) is 10.9. The summed E-state index contributed by atoms with van der Waals surface area (Å²) >= 11 is 3.72. The lowest BCUT2D eigenvalue weighted by Crippen LogP contribution is -2.27. The van der Waals surface area contributed by atoms with Gasteiger partial charge >= 0.3 is 0 Å². The topological polar surface area (TPSA) is 52.3 Å². The monoisotopic (exact) mass is 267 g/mol. The summed E-state index contributed by atoms with van der Waals surface area (Å²) in [5.74, 6) is 0.891. The van der Waals surface area contributed by atoms with Gasteiger partial charge in [0, 0.05) is 0 Å². The largest absolute Gasteiger partial charge is 0.494 e. The summed E-state index contributed by atoms with van der Waals surface area (Å²) in [5, 5.41) is -0.255. The Kier molecular flexibility index (Phi) is 6.83. The number of nitrogens with two attached hydrogens (primary N) is 1. The number of hydrogen-bond acceptors (Lipinski definition) is 3. The fraction of sp³-hybridized carbons (Fsp3) is 0.500. The lowest BCUT2D eigenvalue weighted by atomic mass is 10.1. The summed E-state index contributed by atoms with van der Waals surface area (Å²) < 4.78 is 5.57. The van der Waals surface area contributed by atoms with Crippen LogP contribution in [-0.4, -0.2) is 17.8 Å². The van der Waals surface area contributed by atoms with Gasteiger partial charge in [-0.25, -0.2) is 0 Å². The molecule has 0 amide bonds. The minimum Gasteiger partial charge on any atom is -0.494 e. The van der Waals surface area contributed by atoms with Crippen LogP contribution in [0.1, 0.15) is 31.7 Å². The molecule has 100 valence electrons. The molecule has 3 nitrogen and oxygen atoms in total. The van der Waals surface area contributed by atoms with E-state index in [0.29, 0.717) is 6.42 Å². The van der Waals surface area contributed by atoms with Crippen molar-refractivity contribution in [1.82, 2.24) is 0 Å². The van der Waals surface area contributed by atoms with E-state index in [-0.39, 0.29) is 5.12 Å². The highest BCUT2D eigenvalue weighted by atomic mass is 32.1. The van der Waals surface area contributed by atoms with Crippen LogP contribution in [0, 0.1) is 0 Å². The molecule has 0 unspecified atom stereocenters. The summed E-state index contributed by atoms with van der Waals surface area (Å²) in [6.07, 6.45) is 3.61. The number of hydrogen-bond donors (Lipinski definition) is 2. The van der Waals surface area contributed by atoms with Gasteiger partial charge in [-0.3, -0.25) is 4.79 Å². The van der Waals surface area contributed by atoms with Gasteiger partial charge < -0.3 is 10.5 Å². The molecule has 4 heteroatoms. The highest BCUT2D eigenvalue weighted by molar-refractivity contribution is 7.96. The molecule has 0 fully saturated rings. The highest BCUT2D eigenvalue weighted by Gasteiger charge is 2.08. The molecule has 2 N–H and O–H groups in total. The van der Waals surface area contributed by atoms with Crippen molar-refractivity contribution >= 4 is 17.7 Å². The molecule has 0 heterocycles. The maximum Gasteiger partial charge on any atom is 0.202 e. The van der Waals surface area contributed by atoms with Crippen molar-refractivity contribution in [3.05, 3.63) is 29.8 Å². The molecule has 1 rings (SSSR count). The lowest BCUT2D eigenvalue weighted by molar-refractivity contribution is -0.112. The second kappa shape index (κ2) is 8.16. The van der Waals surface area contributed by atoms with Crippen molar-refractivity contribution in [2.24, 2.45) is 5.73 Å². The third-order valence-electron chi connectivity index (χ3n) is 2.75. The van der Waals surface area contributed by atoms with E-state index >= 15 is 0 Å². The van der Waals surface area contributed by atoms with Crippen LogP contribution in [0.5, 0.6) is 5.75 Å². The molecule has 0 saturated heterocycles. The Morgan fingerprint density at radius 3 is 2.61 bits per heavy atom. The quantitative estimate of drug-likeness (QED) is 0.562. The van der Waals surface area contributed by atoms with Gasteiger partial charge in [0.1, 0.15) is 5.75 Å². The molecular weight excluding hydrogens is 246 g/mol. The molecule has 0 spiro atoms. The van der Waals surface area contributed by atoms with Gasteiger partial charge in [-0.2, -0.15) is 0 Å². The van der Waals surface area contributed by atoms with Crippen LogP contribution in [0.15, 0.2) is 24.3 Å². The Bertz CT molecular complexity index is 365. The summed E-state index contributed by atoms with van der Waals surface area (Å²) in [6, 6.07) is 7.46. The van der Waals surface area contributed by atoms with Gasteiger partial charge in [-0.1, -0.05) is 25.5 Å². The first-order chi connectivity index (χ1) is 8.63. The molecule has 1 atom stereocenters. The van der Waals surface area contributed by atoms with Crippen molar-refractivity contribution < 1.29 is 9.53 Å². The average molecular weight is 267 g/mol. The van der Waals surface area contributed by atoms with E-state index < -0.39 is 6.04 Å². The van der Waals surface area contributed by atoms with Gasteiger partial charge in [0.2, 0.25) is 5.12 Å². The normalized spacial score (nSPS) is 12.2. The molecule has 18 heavy (non-hydrogen) atoms. The van der Waals surface area contributed by atoms with Crippen molar-refractivity contribution in [3.8, 4) is 5.75 Å². The van der Waals surface area contributed by atoms with Gasteiger partial charge in [-0.05, 0) is 37.0 Å². The minimum atomic E-state index is -0.478. The molecule has 0 saturated carbocycles. The molecule has 0 aliphatic carbocycles. The van der Waals surface area contributed by atoms with E-state index in [1.165, 1.54) is 0 Å². The van der Waals surface area contributed by atoms with E-state index in [1.807, 2.05) is 24.3 Å². The molecule has 1 aromatic carbocycles. The molecule has 0 radical (unpaired) electrons. The van der Waals surface area contributed by atoms with E-state index in [1.54, 1.807) is 0 Å². The van der Waals surface area contributed by atoms with Crippen molar-refractivity contribution in [3.63, 3.8) is 0 Å². The lowest BCUT2D eigenvalue weighted by Gasteiger charge is -2.08. The van der Waals surface area contributed by atoms with Crippen LogP contribution in [0.2, 0.25) is 0 Å². The molecule has 0 aliphatic rings. The van der Waals surface area contributed by atoms with Crippen molar-refractivity contribution in [1.29, 1.82) is 0 Å². The van der Waals surface area contributed by atoms with Gasteiger partial charge in [-0.15, -0.1) is 12.6 Å². The maximum atomic E-state index is 10.9. The highest BCUT2D eigenvalue weighted by Crippen LogP contribution is 2.14. The van der Waals surface area contributed by atoms with Crippen molar-refractivity contribution in [2.75, 3.05) is 6.61 Å². The van der Waals surface area contributed by atoms with E-state index in [9.17, 15) is 4.79 Å². The fourth-order valence-electron chi connectivity index (χ4n) is 1.53. The zero-order valence-electron chi connectivity index (χ0n) is 10.8. The number of unbranched alkanes of at least 4 members (excludes halogenated alkanes) is 1. The first-order valence-electron chi connectivity index (χ1n) is 6.33. The average Bonchev–Trinajstić information content (AvgIpc) is 2.37. The molecular formula is C14H21NO2S. The van der Waals surface area contributed by atoms with Crippen LogP contribution < -0.4 is 10.5 Å². The van der Waals surface area contributed by atoms with Crippen LogP contribution >= 0.6 is 12.6 Å². The van der Waals surface area contributed by atoms with Crippen molar-refractivity contribution in [2.45, 2.75) is 38.6 Å². The Labute approximate surface area is 114 Å². The van der Waals surface area contributed by atoms with E-state index in [2.05, 4.69) is 19.6 Å². The van der Waals surface area contributed by atoms with E-state index in [4.69, 9.17) is 10.5 Å². The van der Waals surface area contributed by atoms with Crippen LogP contribution in [0.3, 0.4) is 0 Å². The Balaban J connectivity index is 2.38. The maximum absolute atomic E-state index is 10.9. The predicted octanol–water partition coefficient (Wildman–Crippen LogP) is 2.58. The van der Waals surface area contributed by atoms with E-state index in [0.717, 1.165) is 37.2 Å². The summed E-state index contributed by atoms with van der Waals surface area (Å²) in [6.45, 7) is 2.90. The van der Waals surface area contributed by atoms with Crippen LogP contribution in [0.25, 0.3) is 0 Å². The first kappa shape index (κ1) is 15.1. The zero-order valence-corrected chi connectivity index (χ0v) is 11.7. The first-order valence-corrected chi connectivity index (χ1v) is 6.78. The number of thiol groups is 1. The SMILES string of the molecule is CCCCOc1ccc(CC[C@H](N)C(=O)S)cc1. The van der Waals surface area contributed by atoms with Gasteiger partial charge in [0.05, 0.1) is 12.6 Å². The second-order valence-electron chi connectivity index (χ2n) is 4.33. The zero-order chi connectivity index (χ0) is 13.4. The number of rotatable bonds is 8. The standard InChI is InChI=1S/C14H21NO2S/c1-2-3-10-17-12-7-4-11(5-8-12)6-9-13(15)14(16)18/h4-5,7-8,13H,2-3,6,9-10,15H2,1H3,(H,16,18)/t13-/m0/s1. The molecule has 0 aromatic heterocycles. The summed E-state index contributed by atoms with van der Waals surface area (Å²) in [7, 11) is 0. The van der Waals surface area contributed by atoms with Crippen LogP contribution in [0.4, 0.5) is 0 Å². The molecule has 0 bridgehead atoms. The summed E-state index contributed by atoms with van der Waals surface area (Å²) in [5.41, 5.74) is 6.78. The number of benzene rings is 1. The number of aryl methyl sites for hydroxylation is 1. The third kappa shape index (κ3) is 5.56. The number of ether oxygens (including phenoxy) is 1.